The number of carboxylic acid groups (broad SMARTS) is 1. The Bertz CT molecular complexity index is 745. The van der Waals surface area contributed by atoms with Crippen molar-refractivity contribution in [2.24, 2.45) is 5.92 Å². The summed E-state index contributed by atoms with van der Waals surface area (Å²) in [4.78, 5) is 22.2. The molecule has 0 amide bonds. The number of aryl methyl sites for hydroxylation is 1. The number of hydrogen-bond donors (Lipinski definition) is 2. The van der Waals surface area contributed by atoms with Crippen LogP contribution in [0.4, 0.5) is 17.5 Å². The predicted octanol–water partition coefficient (Wildman–Crippen LogP) is 3.59. The highest BCUT2D eigenvalue weighted by Crippen LogP contribution is 2.25. The molecule has 0 bridgehead atoms. The number of carboxylic acids is 1. The highest BCUT2D eigenvalue weighted by atomic mass is 79.9. The molecule has 1 aliphatic heterocycles. The first-order valence-corrected chi connectivity index (χ1v) is 8.66. The molecule has 0 radical (unpaired) electrons. The first-order valence-electron chi connectivity index (χ1n) is 7.87. The van der Waals surface area contributed by atoms with Crippen LogP contribution in [-0.2, 0) is 4.79 Å². The molecule has 0 atom stereocenters. The summed E-state index contributed by atoms with van der Waals surface area (Å²) in [5.74, 6) is 0.432. The van der Waals surface area contributed by atoms with E-state index >= 15 is 0 Å². The number of hydrogen-bond acceptors (Lipinski definition) is 5. The molecule has 1 fully saturated rings. The maximum atomic E-state index is 11.1. The Morgan fingerprint density at radius 3 is 2.71 bits per heavy atom. The van der Waals surface area contributed by atoms with E-state index in [1.54, 1.807) is 0 Å². The van der Waals surface area contributed by atoms with Gasteiger partial charge in [0.2, 0.25) is 5.95 Å². The summed E-state index contributed by atoms with van der Waals surface area (Å²) in [6.07, 6.45) is 1.29. The molecule has 1 aromatic heterocycles. The standard InChI is InChI=1S/C17H19BrN4O2/c1-11-9-15(22-7-5-12(6-8-22)16(23)24)21-17(19-11)20-14-4-2-3-13(18)10-14/h2-4,9-10,12H,5-8H2,1H3,(H,23,24)(H,19,20,21). The zero-order valence-corrected chi connectivity index (χ0v) is 15.0. The number of benzene rings is 1. The van der Waals surface area contributed by atoms with Gasteiger partial charge in [-0.1, -0.05) is 22.0 Å². The molecule has 0 saturated carbocycles. The van der Waals surface area contributed by atoms with Crippen molar-refractivity contribution in [2.45, 2.75) is 19.8 Å². The SMILES string of the molecule is Cc1cc(N2CCC(C(=O)O)CC2)nc(Nc2cccc(Br)c2)n1. The maximum Gasteiger partial charge on any atom is 0.306 e. The van der Waals surface area contributed by atoms with Crippen LogP contribution in [0.5, 0.6) is 0 Å². The number of carbonyl (C=O) groups is 1. The number of halogens is 1. The molecule has 1 saturated heterocycles. The zero-order chi connectivity index (χ0) is 17.1. The minimum atomic E-state index is -0.703. The molecule has 1 aromatic carbocycles. The van der Waals surface area contributed by atoms with Gasteiger partial charge in [0.1, 0.15) is 5.82 Å². The number of piperidine rings is 1. The van der Waals surface area contributed by atoms with Gasteiger partial charge in [0.15, 0.2) is 0 Å². The van der Waals surface area contributed by atoms with Crippen LogP contribution in [0.3, 0.4) is 0 Å². The third kappa shape index (κ3) is 4.03. The van der Waals surface area contributed by atoms with Gasteiger partial charge in [0.05, 0.1) is 5.92 Å². The Morgan fingerprint density at radius 2 is 2.04 bits per heavy atom. The molecular weight excluding hydrogens is 372 g/mol. The first-order chi connectivity index (χ1) is 11.5. The summed E-state index contributed by atoms with van der Waals surface area (Å²) in [7, 11) is 0. The van der Waals surface area contributed by atoms with Gasteiger partial charge in [-0.2, -0.15) is 4.98 Å². The van der Waals surface area contributed by atoms with Gasteiger partial charge in [-0.05, 0) is 38.0 Å². The number of aliphatic carboxylic acids is 1. The topological polar surface area (TPSA) is 78.4 Å². The Morgan fingerprint density at radius 1 is 1.29 bits per heavy atom. The highest BCUT2D eigenvalue weighted by molar-refractivity contribution is 9.10. The van der Waals surface area contributed by atoms with Gasteiger partial charge in [0.25, 0.3) is 0 Å². The Kier molecular flexibility index (Phi) is 4.99. The zero-order valence-electron chi connectivity index (χ0n) is 13.4. The van der Waals surface area contributed by atoms with Crippen molar-refractivity contribution in [3.8, 4) is 0 Å². The molecule has 1 aliphatic rings. The van der Waals surface area contributed by atoms with Gasteiger partial charge in [-0.15, -0.1) is 0 Å². The highest BCUT2D eigenvalue weighted by Gasteiger charge is 2.25. The molecule has 3 rings (SSSR count). The van der Waals surface area contributed by atoms with Crippen molar-refractivity contribution in [1.29, 1.82) is 0 Å². The van der Waals surface area contributed by atoms with E-state index in [2.05, 4.69) is 36.1 Å². The normalized spacial score (nSPS) is 15.3. The van der Waals surface area contributed by atoms with E-state index in [9.17, 15) is 4.79 Å². The van der Waals surface area contributed by atoms with Crippen molar-refractivity contribution in [2.75, 3.05) is 23.3 Å². The molecule has 2 heterocycles. The smallest absolute Gasteiger partial charge is 0.306 e. The van der Waals surface area contributed by atoms with Crippen LogP contribution in [0.25, 0.3) is 0 Å². The van der Waals surface area contributed by atoms with Crippen molar-refractivity contribution in [1.82, 2.24) is 9.97 Å². The van der Waals surface area contributed by atoms with Gasteiger partial charge >= 0.3 is 5.97 Å². The second kappa shape index (κ2) is 7.17. The van der Waals surface area contributed by atoms with Crippen molar-refractivity contribution in [3.63, 3.8) is 0 Å². The Labute approximate surface area is 149 Å². The van der Waals surface area contributed by atoms with Crippen molar-refractivity contribution >= 4 is 39.4 Å². The van der Waals surface area contributed by atoms with E-state index in [1.165, 1.54) is 0 Å². The molecule has 0 unspecified atom stereocenters. The van der Waals surface area contributed by atoms with Gasteiger partial charge < -0.3 is 15.3 Å². The van der Waals surface area contributed by atoms with Gasteiger partial charge in [0, 0.05) is 35.0 Å². The number of anilines is 3. The van der Waals surface area contributed by atoms with Crippen molar-refractivity contribution < 1.29 is 9.90 Å². The van der Waals surface area contributed by atoms with Crippen molar-refractivity contribution in [3.05, 3.63) is 40.5 Å². The molecule has 24 heavy (non-hydrogen) atoms. The number of nitrogens with one attached hydrogen (secondary N) is 1. The quantitative estimate of drug-likeness (QED) is 0.830. The molecule has 6 nitrogen and oxygen atoms in total. The molecular formula is C17H19BrN4O2. The second-order valence-corrected chi connectivity index (χ2v) is 6.84. The molecule has 0 spiro atoms. The first kappa shape index (κ1) is 16.7. The van der Waals surface area contributed by atoms with Crippen LogP contribution in [0, 0.1) is 12.8 Å². The Hall–Kier alpha value is -2.15. The van der Waals surface area contributed by atoms with Crippen LogP contribution in [0.2, 0.25) is 0 Å². The third-order valence-corrected chi connectivity index (χ3v) is 4.58. The van der Waals surface area contributed by atoms with Crippen LogP contribution >= 0.6 is 15.9 Å². The summed E-state index contributed by atoms with van der Waals surface area (Å²) < 4.78 is 0.983. The van der Waals surface area contributed by atoms with Gasteiger partial charge in [-0.25, -0.2) is 4.98 Å². The minimum Gasteiger partial charge on any atom is -0.481 e. The number of rotatable bonds is 4. The summed E-state index contributed by atoms with van der Waals surface area (Å²) in [5.41, 5.74) is 1.78. The minimum absolute atomic E-state index is 0.247. The van der Waals surface area contributed by atoms with E-state index in [0.717, 1.165) is 21.7 Å². The lowest BCUT2D eigenvalue weighted by Crippen LogP contribution is -2.36. The summed E-state index contributed by atoms with van der Waals surface area (Å²) in [6, 6.07) is 9.76. The maximum absolute atomic E-state index is 11.1. The molecule has 2 aromatic rings. The summed E-state index contributed by atoms with van der Waals surface area (Å²) in [6.45, 7) is 3.33. The van der Waals surface area contributed by atoms with E-state index in [0.29, 0.717) is 31.9 Å². The second-order valence-electron chi connectivity index (χ2n) is 5.93. The lowest BCUT2D eigenvalue weighted by atomic mass is 9.97. The molecule has 0 aliphatic carbocycles. The molecule has 126 valence electrons. The lowest BCUT2D eigenvalue weighted by molar-refractivity contribution is -0.142. The fraction of sp³-hybridized carbons (Fsp3) is 0.353. The van der Waals surface area contributed by atoms with E-state index in [4.69, 9.17) is 5.11 Å². The van der Waals surface area contributed by atoms with Gasteiger partial charge in [-0.3, -0.25) is 4.79 Å². The monoisotopic (exact) mass is 390 g/mol. The van der Waals surface area contributed by atoms with E-state index in [-0.39, 0.29) is 5.92 Å². The van der Waals surface area contributed by atoms with E-state index < -0.39 is 5.97 Å². The molecule has 7 heteroatoms. The van der Waals surface area contributed by atoms with E-state index in [1.807, 2.05) is 37.3 Å². The fourth-order valence-electron chi connectivity index (χ4n) is 2.82. The number of nitrogens with zero attached hydrogens (tertiary/aromatic N) is 3. The van der Waals surface area contributed by atoms with Crippen LogP contribution < -0.4 is 10.2 Å². The lowest BCUT2D eigenvalue weighted by Gasteiger charge is -2.31. The summed E-state index contributed by atoms with van der Waals surface area (Å²) in [5, 5.41) is 12.3. The predicted molar refractivity (Wildman–Crippen MR) is 96.8 cm³/mol. The number of aromatic nitrogens is 2. The third-order valence-electron chi connectivity index (χ3n) is 4.09. The largest absolute Gasteiger partial charge is 0.481 e. The summed E-state index contributed by atoms with van der Waals surface area (Å²) >= 11 is 3.45. The molecule has 2 N–H and O–H groups in total. The average Bonchev–Trinajstić information content (AvgIpc) is 2.54. The fourth-order valence-corrected chi connectivity index (χ4v) is 3.22. The average molecular weight is 391 g/mol. The Balaban J connectivity index is 1.76. The van der Waals surface area contributed by atoms with Crippen LogP contribution in [0.15, 0.2) is 34.8 Å². The van der Waals surface area contributed by atoms with Crippen LogP contribution in [-0.4, -0.2) is 34.1 Å². The van der Waals surface area contributed by atoms with Crippen LogP contribution in [0.1, 0.15) is 18.5 Å².